The zero-order chi connectivity index (χ0) is 11.3. The van der Waals surface area contributed by atoms with Gasteiger partial charge in [0.15, 0.2) is 5.78 Å². The lowest BCUT2D eigenvalue weighted by atomic mass is 10.2. The van der Waals surface area contributed by atoms with Crippen LogP contribution in [-0.2, 0) is 4.79 Å². The van der Waals surface area contributed by atoms with Crippen molar-refractivity contribution in [2.45, 2.75) is 19.8 Å². The minimum Gasteiger partial charge on any atom is -0.365 e. The van der Waals surface area contributed by atoms with Crippen LogP contribution in [0.25, 0.3) is 0 Å². The summed E-state index contributed by atoms with van der Waals surface area (Å²) >= 11 is 0. The molecule has 2 nitrogen and oxygen atoms in total. The van der Waals surface area contributed by atoms with Crippen LogP contribution in [0.1, 0.15) is 19.8 Å². The van der Waals surface area contributed by atoms with Crippen LogP contribution in [-0.4, -0.2) is 19.4 Å². The van der Waals surface area contributed by atoms with E-state index >= 15 is 0 Å². The van der Waals surface area contributed by atoms with Crippen molar-refractivity contribution >= 4 is 11.5 Å². The van der Waals surface area contributed by atoms with Gasteiger partial charge < -0.3 is 4.90 Å². The predicted molar refractivity (Wildman–Crippen MR) is 59.6 cm³/mol. The Morgan fingerprint density at radius 3 is 2.67 bits per heavy atom. The molecular weight excluding hydrogens is 193 g/mol. The minimum absolute atomic E-state index is 0.142. The summed E-state index contributed by atoms with van der Waals surface area (Å²) in [6.45, 7) is 2.23. The van der Waals surface area contributed by atoms with Crippen molar-refractivity contribution in [1.82, 2.24) is 0 Å². The van der Waals surface area contributed by atoms with Crippen LogP contribution in [0.5, 0.6) is 0 Å². The van der Waals surface area contributed by atoms with E-state index < -0.39 is 0 Å². The number of rotatable bonds is 5. The van der Waals surface area contributed by atoms with Crippen molar-refractivity contribution in [2.75, 3.05) is 18.5 Å². The first-order chi connectivity index (χ1) is 7.15. The molecule has 0 N–H and O–H groups in total. The van der Waals surface area contributed by atoms with Gasteiger partial charge >= 0.3 is 0 Å². The first kappa shape index (κ1) is 11.7. The fourth-order valence-corrected chi connectivity index (χ4v) is 1.47. The first-order valence-electron chi connectivity index (χ1n) is 5.12. The van der Waals surface area contributed by atoms with Crippen LogP contribution in [0.2, 0.25) is 0 Å². The highest BCUT2D eigenvalue weighted by molar-refractivity contribution is 5.83. The van der Waals surface area contributed by atoms with Gasteiger partial charge in [-0.25, -0.2) is 4.39 Å². The zero-order valence-electron chi connectivity index (χ0n) is 9.16. The monoisotopic (exact) mass is 209 g/mol. The number of hydrogen-bond acceptors (Lipinski definition) is 2. The van der Waals surface area contributed by atoms with E-state index in [-0.39, 0.29) is 18.1 Å². The lowest BCUT2D eigenvalue weighted by Crippen LogP contribution is -2.26. The molecule has 0 spiro atoms. The number of halogens is 1. The number of nitrogens with zero attached hydrogens (tertiary/aromatic N) is 1. The van der Waals surface area contributed by atoms with E-state index in [2.05, 4.69) is 0 Å². The Kier molecular flexibility index (Phi) is 4.28. The van der Waals surface area contributed by atoms with Gasteiger partial charge in [0.25, 0.3) is 0 Å². The van der Waals surface area contributed by atoms with Gasteiger partial charge in [0.05, 0.1) is 12.2 Å². The molecule has 0 fully saturated rings. The first-order valence-corrected chi connectivity index (χ1v) is 5.12. The van der Waals surface area contributed by atoms with Crippen LogP contribution in [0, 0.1) is 5.82 Å². The third kappa shape index (κ3) is 3.35. The summed E-state index contributed by atoms with van der Waals surface area (Å²) < 4.78 is 13.3. The van der Waals surface area contributed by atoms with Crippen molar-refractivity contribution in [3.63, 3.8) is 0 Å². The van der Waals surface area contributed by atoms with E-state index in [1.807, 2.05) is 6.92 Å². The molecule has 0 radical (unpaired) electrons. The van der Waals surface area contributed by atoms with Crippen molar-refractivity contribution in [2.24, 2.45) is 0 Å². The molecule has 0 saturated heterocycles. The maximum absolute atomic E-state index is 13.3. The molecule has 82 valence electrons. The molecule has 0 aliphatic rings. The average molecular weight is 209 g/mol. The van der Waals surface area contributed by atoms with E-state index in [0.717, 1.165) is 6.42 Å². The molecule has 0 unspecified atom stereocenters. The van der Waals surface area contributed by atoms with Crippen LogP contribution < -0.4 is 4.90 Å². The molecule has 3 heteroatoms. The third-order valence-corrected chi connectivity index (χ3v) is 2.21. The van der Waals surface area contributed by atoms with Gasteiger partial charge in [0.2, 0.25) is 0 Å². The minimum atomic E-state index is -0.288. The maximum atomic E-state index is 13.3. The Hall–Kier alpha value is -1.38. The second kappa shape index (κ2) is 5.49. The summed E-state index contributed by atoms with van der Waals surface area (Å²) in [6.07, 6.45) is 1.39. The van der Waals surface area contributed by atoms with Gasteiger partial charge in [-0.05, 0) is 18.6 Å². The Labute approximate surface area is 89.7 Å². The second-order valence-corrected chi connectivity index (χ2v) is 3.60. The van der Waals surface area contributed by atoms with Crippen LogP contribution in [0.3, 0.4) is 0 Å². The van der Waals surface area contributed by atoms with Crippen LogP contribution >= 0.6 is 0 Å². The van der Waals surface area contributed by atoms with E-state index in [1.54, 1.807) is 30.1 Å². The smallest absolute Gasteiger partial charge is 0.152 e. The molecule has 0 aromatic heterocycles. The van der Waals surface area contributed by atoms with Crippen molar-refractivity contribution in [3.05, 3.63) is 30.1 Å². The number of para-hydroxylation sites is 1. The number of Topliss-reactive ketones (excluding diaryl/α,β-unsaturated/α-hetero) is 1. The molecule has 1 rings (SSSR count). The van der Waals surface area contributed by atoms with Crippen molar-refractivity contribution < 1.29 is 9.18 Å². The van der Waals surface area contributed by atoms with Gasteiger partial charge in [-0.3, -0.25) is 4.79 Å². The third-order valence-electron chi connectivity index (χ3n) is 2.21. The molecule has 0 aliphatic heterocycles. The van der Waals surface area contributed by atoms with Gasteiger partial charge in [-0.1, -0.05) is 19.1 Å². The molecule has 0 bridgehead atoms. The molecule has 0 saturated carbocycles. The highest BCUT2D eigenvalue weighted by Crippen LogP contribution is 2.16. The fraction of sp³-hybridized carbons (Fsp3) is 0.417. The molecule has 15 heavy (non-hydrogen) atoms. The van der Waals surface area contributed by atoms with Crippen molar-refractivity contribution in [3.8, 4) is 0 Å². The summed E-state index contributed by atoms with van der Waals surface area (Å²) in [7, 11) is 1.73. The van der Waals surface area contributed by atoms with Gasteiger partial charge in [0, 0.05) is 13.5 Å². The summed E-state index contributed by atoms with van der Waals surface area (Å²) in [4.78, 5) is 13.0. The maximum Gasteiger partial charge on any atom is 0.152 e. The van der Waals surface area contributed by atoms with Crippen LogP contribution in [0.15, 0.2) is 24.3 Å². The number of benzene rings is 1. The number of carbonyl (C=O) groups is 1. The molecular formula is C12H16FNO. The van der Waals surface area contributed by atoms with Crippen LogP contribution in [0.4, 0.5) is 10.1 Å². The number of carbonyl (C=O) groups excluding carboxylic acids is 1. The topological polar surface area (TPSA) is 20.3 Å². The molecule has 0 heterocycles. The highest BCUT2D eigenvalue weighted by Gasteiger charge is 2.09. The summed E-state index contributed by atoms with van der Waals surface area (Å²) in [5, 5.41) is 0. The standard InChI is InChI=1S/C12H16FNO/c1-3-6-10(15)9-14(2)12-8-5-4-7-11(12)13/h4-5,7-8H,3,6,9H2,1-2H3. The summed E-state index contributed by atoms with van der Waals surface area (Å²) in [5.41, 5.74) is 0.474. The van der Waals surface area contributed by atoms with E-state index in [4.69, 9.17) is 0 Å². The van der Waals surface area contributed by atoms with E-state index in [1.165, 1.54) is 6.07 Å². The number of likely N-dealkylation sites (N-methyl/N-ethyl adjacent to an activating group) is 1. The Balaban J connectivity index is 2.65. The molecule has 0 amide bonds. The molecule has 0 aliphatic carbocycles. The largest absolute Gasteiger partial charge is 0.365 e. The van der Waals surface area contributed by atoms with Gasteiger partial charge in [-0.15, -0.1) is 0 Å². The number of ketones is 1. The zero-order valence-corrected chi connectivity index (χ0v) is 9.16. The molecule has 1 aromatic rings. The summed E-state index contributed by atoms with van der Waals surface area (Å²) in [6, 6.07) is 6.48. The molecule has 1 aromatic carbocycles. The average Bonchev–Trinajstić information content (AvgIpc) is 2.18. The highest BCUT2D eigenvalue weighted by atomic mass is 19.1. The Bertz CT molecular complexity index is 338. The van der Waals surface area contributed by atoms with Gasteiger partial charge in [-0.2, -0.15) is 0 Å². The lowest BCUT2D eigenvalue weighted by molar-refractivity contribution is -0.117. The van der Waals surface area contributed by atoms with Gasteiger partial charge in [0.1, 0.15) is 5.82 Å². The quantitative estimate of drug-likeness (QED) is 0.743. The number of hydrogen-bond donors (Lipinski definition) is 0. The van der Waals surface area contributed by atoms with Crippen molar-refractivity contribution in [1.29, 1.82) is 0 Å². The lowest BCUT2D eigenvalue weighted by Gasteiger charge is -2.18. The molecule has 0 atom stereocenters. The fourth-order valence-electron chi connectivity index (χ4n) is 1.47. The Morgan fingerprint density at radius 2 is 2.07 bits per heavy atom. The second-order valence-electron chi connectivity index (χ2n) is 3.60. The van der Waals surface area contributed by atoms with E-state index in [0.29, 0.717) is 12.1 Å². The predicted octanol–water partition coefficient (Wildman–Crippen LogP) is 2.63. The number of anilines is 1. The summed E-state index contributed by atoms with van der Waals surface area (Å²) in [5.74, 6) is -0.146. The normalized spacial score (nSPS) is 10.1. The SMILES string of the molecule is CCCC(=O)CN(C)c1ccccc1F. The van der Waals surface area contributed by atoms with E-state index in [9.17, 15) is 9.18 Å². The Morgan fingerprint density at radius 1 is 1.40 bits per heavy atom.